The summed E-state index contributed by atoms with van der Waals surface area (Å²) in [5.41, 5.74) is 6.58. The molecule has 80 valence electrons. The second-order valence-corrected chi connectivity index (χ2v) is 3.04. The van der Waals surface area contributed by atoms with Crippen molar-refractivity contribution >= 4 is 0 Å². The number of methoxy groups -OCH3 is 1. The summed E-state index contributed by atoms with van der Waals surface area (Å²) in [5, 5.41) is 3.23. The SMILES string of the molecule is COCCOC1C=CC=C(CCN)N1. The third kappa shape index (κ3) is 3.91. The number of ether oxygens (including phenoxy) is 2. The van der Waals surface area contributed by atoms with Crippen LogP contribution in [0, 0.1) is 0 Å². The van der Waals surface area contributed by atoms with Crippen molar-refractivity contribution in [1.29, 1.82) is 0 Å². The van der Waals surface area contributed by atoms with Crippen LogP contribution in [-0.4, -0.2) is 33.1 Å². The lowest BCUT2D eigenvalue weighted by atomic mass is 10.2. The molecule has 1 atom stereocenters. The Balaban J connectivity index is 2.24. The van der Waals surface area contributed by atoms with Gasteiger partial charge in [0, 0.05) is 12.8 Å². The van der Waals surface area contributed by atoms with Gasteiger partial charge >= 0.3 is 0 Å². The van der Waals surface area contributed by atoms with Gasteiger partial charge in [-0.2, -0.15) is 0 Å². The van der Waals surface area contributed by atoms with Gasteiger partial charge in [-0.15, -0.1) is 0 Å². The van der Waals surface area contributed by atoms with Crippen LogP contribution in [-0.2, 0) is 9.47 Å². The Hall–Kier alpha value is -0.840. The first-order chi connectivity index (χ1) is 6.86. The molecule has 0 aromatic rings. The van der Waals surface area contributed by atoms with Gasteiger partial charge < -0.3 is 20.5 Å². The molecule has 1 aliphatic rings. The summed E-state index contributed by atoms with van der Waals surface area (Å²) in [4.78, 5) is 0. The fourth-order valence-electron chi connectivity index (χ4n) is 1.22. The highest BCUT2D eigenvalue weighted by molar-refractivity contribution is 5.18. The summed E-state index contributed by atoms with van der Waals surface area (Å²) in [5.74, 6) is 0. The van der Waals surface area contributed by atoms with E-state index in [4.69, 9.17) is 15.2 Å². The van der Waals surface area contributed by atoms with E-state index in [1.54, 1.807) is 7.11 Å². The molecule has 0 fully saturated rings. The molecule has 0 radical (unpaired) electrons. The van der Waals surface area contributed by atoms with E-state index in [2.05, 4.69) is 5.32 Å². The third-order valence-electron chi connectivity index (χ3n) is 1.91. The first-order valence-electron chi connectivity index (χ1n) is 4.81. The third-order valence-corrected chi connectivity index (χ3v) is 1.91. The Bertz CT molecular complexity index is 214. The van der Waals surface area contributed by atoms with Gasteiger partial charge in [0.05, 0.1) is 13.2 Å². The average molecular weight is 198 g/mol. The summed E-state index contributed by atoms with van der Waals surface area (Å²) in [7, 11) is 1.66. The van der Waals surface area contributed by atoms with Crippen LogP contribution in [0.4, 0.5) is 0 Å². The standard InChI is InChI=1S/C10H18N2O2/c1-13-7-8-14-10-4-2-3-9(12-10)5-6-11/h2-4,10,12H,5-8,11H2,1H3. The van der Waals surface area contributed by atoms with Gasteiger partial charge in [-0.25, -0.2) is 0 Å². The Morgan fingerprint density at radius 1 is 1.50 bits per heavy atom. The Labute approximate surface area is 84.8 Å². The minimum atomic E-state index is -0.0447. The van der Waals surface area contributed by atoms with Crippen molar-refractivity contribution in [2.45, 2.75) is 12.6 Å². The van der Waals surface area contributed by atoms with Crippen LogP contribution >= 0.6 is 0 Å². The van der Waals surface area contributed by atoms with Gasteiger partial charge in [0.15, 0.2) is 0 Å². The highest BCUT2D eigenvalue weighted by Crippen LogP contribution is 2.06. The quantitative estimate of drug-likeness (QED) is 0.605. The maximum atomic E-state index is 5.50. The van der Waals surface area contributed by atoms with E-state index in [9.17, 15) is 0 Å². The summed E-state index contributed by atoms with van der Waals surface area (Å²) in [6.45, 7) is 1.85. The molecule has 0 spiro atoms. The van der Waals surface area contributed by atoms with Crippen LogP contribution in [0.3, 0.4) is 0 Å². The average Bonchev–Trinajstić information content (AvgIpc) is 2.19. The number of nitrogens with one attached hydrogen (secondary N) is 1. The molecule has 1 heterocycles. The van der Waals surface area contributed by atoms with Gasteiger partial charge in [-0.3, -0.25) is 0 Å². The molecule has 0 saturated carbocycles. The van der Waals surface area contributed by atoms with Crippen LogP contribution in [0.25, 0.3) is 0 Å². The van der Waals surface area contributed by atoms with Crippen LogP contribution in [0.15, 0.2) is 23.9 Å². The van der Waals surface area contributed by atoms with Gasteiger partial charge in [0.2, 0.25) is 0 Å². The molecule has 0 amide bonds. The van der Waals surface area contributed by atoms with Crippen molar-refractivity contribution in [2.75, 3.05) is 26.9 Å². The van der Waals surface area contributed by atoms with Crippen LogP contribution in [0.5, 0.6) is 0 Å². The van der Waals surface area contributed by atoms with Crippen LogP contribution in [0.2, 0.25) is 0 Å². The Kier molecular flexibility index (Phi) is 5.29. The predicted molar refractivity (Wildman–Crippen MR) is 55.6 cm³/mol. The van der Waals surface area contributed by atoms with E-state index in [1.807, 2.05) is 18.2 Å². The van der Waals surface area contributed by atoms with E-state index in [0.29, 0.717) is 19.8 Å². The smallest absolute Gasteiger partial charge is 0.147 e. The zero-order chi connectivity index (χ0) is 10.2. The first-order valence-corrected chi connectivity index (χ1v) is 4.81. The molecule has 0 aromatic heterocycles. The molecule has 0 aromatic carbocycles. The Morgan fingerprint density at radius 2 is 2.36 bits per heavy atom. The second kappa shape index (κ2) is 6.59. The molecular formula is C10H18N2O2. The summed E-state index contributed by atoms with van der Waals surface area (Å²) < 4.78 is 10.4. The topological polar surface area (TPSA) is 56.5 Å². The number of allylic oxidation sites excluding steroid dienone is 2. The van der Waals surface area contributed by atoms with E-state index in [-0.39, 0.29) is 6.23 Å². The van der Waals surface area contributed by atoms with E-state index < -0.39 is 0 Å². The fourth-order valence-corrected chi connectivity index (χ4v) is 1.22. The summed E-state index contributed by atoms with van der Waals surface area (Å²) >= 11 is 0. The van der Waals surface area contributed by atoms with Crippen LogP contribution < -0.4 is 11.1 Å². The van der Waals surface area contributed by atoms with Gasteiger partial charge in [0.25, 0.3) is 0 Å². The minimum Gasteiger partial charge on any atom is -0.382 e. The maximum Gasteiger partial charge on any atom is 0.147 e. The van der Waals surface area contributed by atoms with Gasteiger partial charge in [-0.1, -0.05) is 6.08 Å². The predicted octanol–water partition coefficient (Wildman–Crippen LogP) is 0.368. The first kappa shape index (κ1) is 11.2. The summed E-state index contributed by atoms with van der Waals surface area (Å²) in [6.07, 6.45) is 6.78. The lowest BCUT2D eigenvalue weighted by molar-refractivity contribution is 0.0280. The molecule has 0 aliphatic carbocycles. The minimum absolute atomic E-state index is 0.0447. The molecule has 0 bridgehead atoms. The molecule has 4 heteroatoms. The zero-order valence-electron chi connectivity index (χ0n) is 8.53. The fraction of sp³-hybridized carbons (Fsp3) is 0.600. The van der Waals surface area contributed by atoms with Crippen molar-refractivity contribution in [3.8, 4) is 0 Å². The highest BCUT2D eigenvalue weighted by atomic mass is 16.5. The van der Waals surface area contributed by atoms with Crippen molar-refractivity contribution in [3.63, 3.8) is 0 Å². The molecule has 1 unspecified atom stereocenters. The van der Waals surface area contributed by atoms with Crippen molar-refractivity contribution in [2.24, 2.45) is 5.73 Å². The number of nitrogens with two attached hydrogens (primary N) is 1. The number of dihydropyridines is 1. The normalized spacial score (nSPS) is 20.4. The zero-order valence-corrected chi connectivity index (χ0v) is 8.53. The second-order valence-electron chi connectivity index (χ2n) is 3.04. The van der Waals surface area contributed by atoms with Crippen LogP contribution in [0.1, 0.15) is 6.42 Å². The lowest BCUT2D eigenvalue weighted by Crippen LogP contribution is -2.32. The largest absolute Gasteiger partial charge is 0.382 e. The molecule has 1 rings (SSSR count). The molecule has 14 heavy (non-hydrogen) atoms. The van der Waals surface area contributed by atoms with Gasteiger partial charge in [-0.05, 0) is 25.1 Å². The number of hydrogen-bond acceptors (Lipinski definition) is 4. The van der Waals surface area contributed by atoms with Crippen molar-refractivity contribution in [3.05, 3.63) is 23.9 Å². The van der Waals surface area contributed by atoms with E-state index in [1.165, 1.54) is 0 Å². The van der Waals surface area contributed by atoms with Gasteiger partial charge in [0.1, 0.15) is 6.23 Å². The van der Waals surface area contributed by atoms with Crippen molar-refractivity contribution in [1.82, 2.24) is 5.32 Å². The summed E-state index contributed by atoms with van der Waals surface area (Å²) in [6, 6.07) is 0. The Morgan fingerprint density at radius 3 is 3.07 bits per heavy atom. The van der Waals surface area contributed by atoms with E-state index in [0.717, 1.165) is 12.1 Å². The molecule has 1 aliphatic heterocycles. The maximum absolute atomic E-state index is 5.50. The molecule has 3 N–H and O–H groups in total. The van der Waals surface area contributed by atoms with E-state index >= 15 is 0 Å². The highest BCUT2D eigenvalue weighted by Gasteiger charge is 2.08. The molecular weight excluding hydrogens is 180 g/mol. The number of hydrogen-bond donors (Lipinski definition) is 2. The molecule has 0 saturated heterocycles. The molecule has 4 nitrogen and oxygen atoms in total. The van der Waals surface area contributed by atoms with Crippen molar-refractivity contribution < 1.29 is 9.47 Å². The monoisotopic (exact) mass is 198 g/mol. The lowest BCUT2D eigenvalue weighted by Gasteiger charge is -2.21. The number of rotatable bonds is 6.